The van der Waals surface area contributed by atoms with E-state index in [1.807, 2.05) is 0 Å². The van der Waals surface area contributed by atoms with Crippen LogP contribution in [0, 0.1) is 0 Å². The van der Waals surface area contributed by atoms with E-state index in [1.54, 1.807) is 18.2 Å². The summed E-state index contributed by atoms with van der Waals surface area (Å²) in [7, 11) is -3.68. The largest absolute Gasteiger partial charge is 0.480 e. The van der Waals surface area contributed by atoms with Gasteiger partial charge in [0.1, 0.15) is 11.8 Å². The Balaban J connectivity index is 2.08. The lowest BCUT2D eigenvalue weighted by atomic mass is 10.1. The fraction of sp³-hybridized carbons (Fsp3) is 0.211. The zero-order chi connectivity index (χ0) is 20.7. The number of hydrogen-bond donors (Lipinski definition) is 2. The summed E-state index contributed by atoms with van der Waals surface area (Å²) in [4.78, 5) is 34.9. The Hall–Kier alpha value is -3.20. The van der Waals surface area contributed by atoms with Gasteiger partial charge in [-0.15, -0.1) is 0 Å². The number of carboxylic acids is 1. The van der Waals surface area contributed by atoms with Crippen molar-refractivity contribution in [2.45, 2.75) is 24.3 Å². The van der Waals surface area contributed by atoms with E-state index in [0.717, 1.165) is 0 Å². The molecule has 0 spiro atoms. The highest BCUT2D eigenvalue weighted by Crippen LogP contribution is 2.15. The zero-order valence-electron chi connectivity index (χ0n) is 15.0. The number of carboxylic acid groups (broad SMARTS) is 1. The number of rotatable bonds is 8. The van der Waals surface area contributed by atoms with Gasteiger partial charge in [0.2, 0.25) is 0 Å². The number of hydrogen-bond acceptors (Lipinski definition) is 6. The van der Waals surface area contributed by atoms with Crippen LogP contribution in [-0.4, -0.2) is 43.2 Å². The lowest BCUT2D eigenvalue weighted by Gasteiger charge is -2.15. The minimum atomic E-state index is -3.68. The maximum absolute atomic E-state index is 12.3. The molecule has 28 heavy (non-hydrogen) atoms. The first kappa shape index (κ1) is 21.1. The number of nitrogens with one attached hydrogen (secondary N) is 1. The van der Waals surface area contributed by atoms with Gasteiger partial charge < -0.3 is 15.2 Å². The van der Waals surface area contributed by atoms with Gasteiger partial charge in [-0.1, -0.05) is 24.3 Å². The van der Waals surface area contributed by atoms with Gasteiger partial charge in [-0.3, -0.25) is 9.59 Å². The molecule has 0 unspecified atom stereocenters. The highest BCUT2D eigenvalue weighted by Gasteiger charge is 2.24. The summed E-state index contributed by atoms with van der Waals surface area (Å²) in [5, 5.41) is 11.6. The van der Waals surface area contributed by atoms with Crippen LogP contribution in [0.25, 0.3) is 0 Å². The average Bonchev–Trinajstić information content (AvgIpc) is 2.65. The summed E-state index contributed by atoms with van der Waals surface area (Å²) in [6, 6.07) is 11.9. The number of carbonyl (C=O) groups is 3. The van der Waals surface area contributed by atoms with Crippen molar-refractivity contribution in [2.75, 3.05) is 5.75 Å². The summed E-state index contributed by atoms with van der Waals surface area (Å²) in [6.07, 6.45) is -0.304. The van der Waals surface area contributed by atoms with Crippen molar-refractivity contribution in [2.24, 2.45) is 0 Å². The van der Waals surface area contributed by atoms with Crippen LogP contribution >= 0.6 is 0 Å². The molecule has 1 amide bonds. The number of esters is 1. The average molecular weight is 405 g/mol. The van der Waals surface area contributed by atoms with E-state index in [0.29, 0.717) is 0 Å². The molecule has 0 aliphatic carbocycles. The van der Waals surface area contributed by atoms with Crippen molar-refractivity contribution in [3.63, 3.8) is 0 Å². The third-order valence-electron chi connectivity index (χ3n) is 3.74. The Labute approximate surface area is 162 Å². The number of amides is 1. The molecule has 0 saturated carbocycles. The third kappa shape index (κ3) is 5.92. The predicted octanol–water partition coefficient (Wildman–Crippen LogP) is 1.66. The topological polar surface area (TPSA) is 127 Å². The van der Waals surface area contributed by atoms with E-state index in [4.69, 9.17) is 4.74 Å². The summed E-state index contributed by atoms with van der Waals surface area (Å²) >= 11 is 0. The second-order valence-electron chi connectivity index (χ2n) is 5.91. The molecule has 2 N–H and O–H groups in total. The van der Waals surface area contributed by atoms with Crippen LogP contribution in [0.1, 0.15) is 23.7 Å². The van der Waals surface area contributed by atoms with E-state index in [-0.39, 0.29) is 22.6 Å². The number of benzene rings is 2. The molecule has 0 aliphatic rings. The minimum absolute atomic E-state index is 0.0796. The van der Waals surface area contributed by atoms with Crippen LogP contribution in [0.2, 0.25) is 0 Å². The maximum Gasteiger partial charge on any atom is 0.326 e. The Bertz CT molecular complexity index is 971. The molecule has 0 heterocycles. The fourth-order valence-corrected chi connectivity index (χ4v) is 3.74. The number of sulfone groups is 1. The van der Waals surface area contributed by atoms with Gasteiger partial charge in [-0.2, -0.15) is 0 Å². The molecule has 0 aliphatic heterocycles. The second-order valence-corrected chi connectivity index (χ2v) is 8.02. The van der Waals surface area contributed by atoms with Crippen LogP contribution in [-0.2, 0) is 19.4 Å². The molecule has 0 aromatic heterocycles. The smallest absolute Gasteiger partial charge is 0.326 e. The minimum Gasteiger partial charge on any atom is -0.480 e. The highest BCUT2D eigenvalue weighted by molar-refractivity contribution is 7.91. The van der Waals surface area contributed by atoms with Gasteiger partial charge in [-0.05, 0) is 36.8 Å². The number of carbonyl (C=O) groups excluding carboxylic acids is 2. The van der Waals surface area contributed by atoms with Gasteiger partial charge in [-0.25, -0.2) is 13.2 Å². The fourth-order valence-electron chi connectivity index (χ4n) is 2.38. The first-order valence-electron chi connectivity index (χ1n) is 8.29. The third-order valence-corrected chi connectivity index (χ3v) is 5.50. The lowest BCUT2D eigenvalue weighted by molar-refractivity contribution is -0.139. The summed E-state index contributed by atoms with van der Waals surface area (Å²) in [5.41, 5.74) is 0.0796. The molecule has 2 aromatic rings. The van der Waals surface area contributed by atoms with Crippen molar-refractivity contribution in [3.05, 3.63) is 60.2 Å². The number of aliphatic carboxylic acids is 1. The molecule has 148 valence electrons. The summed E-state index contributed by atoms with van der Waals surface area (Å²) in [6.45, 7) is 1.21. The lowest BCUT2D eigenvalue weighted by Crippen LogP contribution is -2.42. The highest BCUT2D eigenvalue weighted by atomic mass is 32.2. The Morgan fingerprint density at radius 3 is 2.36 bits per heavy atom. The SMILES string of the molecule is CC(=O)Oc1cccc(C(=O)N[C@H](CCS(=O)(=O)c2ccccc2)C(=O)O)c1. The molecule has 8 nitrogen and oxygen atoms in total. The van der Waals surface area contributed by atoms with E-state index < -0.39 is 39.5 Å². The van der Waals surface area contributed by atoms with Crippen molar-refractivity contribution in [1.82, 2.24) is 5.32 Å². The second kappa shape index (κ2) is 9.14. The molecule has 9 heteroatoms. The molecule has 2 aromatic carbocycles. The molecule has 0 bridgehead atoms. The zero-order valence-corrected chi connectivity index (χ0v) is 15.8. The Morgan fingerprint density at radius 2 is 1.75 bits per heavy atom. The van der Waals surface area contributed by atoms with Gasteiger partial charge in [0, 0.05) is 12.5 Å². The monoisotopic (exact) mass is 405 g/mol. The first-order valence-corrected chi connectivity index (χ1v) is 9.94. The van der Waals surface area contributed by atoms with Crippen molar-refractivity contribution in [1.29, 1.82) is 0 Å². The van der Waals surface area contributed by atoms with Gasteiger partial charge >= 0.3 is 11.9 Å². The summed E-state index contributed by atoms with van der Waals surface area (Å²) < 4.78 is 29.5. The van der Waals surface area contributed by atoms with Crippen LogP contribution in [0.5, 0.6) is 5.75 Å². The molecular weight excluding hydrogens is 386 g/mol. The Kier molecular flexibility index (Phi) is 6.89. The Morgan fingerprint density at radius 1 is 1.07 bits per heavy atom. The molecular formula is C19H19NO7S. The normalized spacial score (nSPS) is 12.0. The van der Waals surface area contributed by atoms with E-state index in [9.17, 15) is 27.9 Å². The molecule has 1 atom stereocenters. The molecule has 0 saturated heterocycles. The van der Waals surface area contributed by atoms with Gasteiger partial charge in [0.05, 0.1) is 10.6 Å². The molecule has 2 rings (SSSR count). The van der Waals surface area contributed by atoms with E-state index >= 15 is 0 Å². The molecule has 0 fully saturated rings. The van der Waals surface area contributed by atoms with Crippen molar-refractivity contribution in [3.8, 4) is 5.75 Å². The van der Waals surface area contributed by atoms with Crippen LogP contribution in [0.15, 0.2) is 59.5 Å². The van der Waals surface area contributed by atoms with Crippen LogP contribution in [0.3, 0.4) is 0 Å². The van der Waals surface area contributed by atoms with E-state index in [2.05, 4.69) is 5.32 Å². The predicted molar refractivity (Wildman–Crippen MR) is 99.8 cm³/mol. The van der Waals surface area contributed by atoms with Crippen LogP contribution < -0.4 is 10.1 Å². The summed E-state index contributed by atoms with van der Waals surface area (Å²) in [5.74, 6) is -2.95. The standard InChI is InChI=1S/C19H19NO7S/c1-13(21)27-15-7-5-6-14(12-15)18(22)20-17(19(23)24)10-11-28(25,26)16-8-3-2-4-9-16/h2-9,12,17H,10-11H2,1H3,(H,20,22)(H,23,24)/t17-/m1/s1. The van der Waals surface area contributed by atoms with E-state index in [1.165, 1.54) is 43.3 Å². The first-order chi connectivity index (χ1) is 13.2. The van der Waals surface area contributed by atoms with Gasteiger partial charge in [0.25, 0.3) is 5.91 Å². The van der Waals surface area contributed by atoms with Crippen molar-refractivity contribution < 1.29 is 32.6 Å². The van der Waals surface area contributed by atoms with Crippen molar-refractivity contribution >= 4 is 27.7 Å². The molecule has 0 radical (unpaired) electrons. The number of ether oxygens (including phenoxy) is 1. The quantitative estimate of drug-likeness (QED) is 0.505. The maximum atomic E-state index is 12.3. The van der Waals surface area contributed by atoms with Gasteiger partial charge in [0.15, 0.2) is 9.84 Å². The van der Waals surface area contributed by atoms with Crippen LogP contribution in [0.4, 0.5) is 0 Å².